The van der Waals surface area contributed by atoms with E-state index in [1.165, 1.54) is 10.4 Å². The Balaban J connectivity index is 1.75. The molecule has 0 unspecified atom stereocenters. The summed E-state index contributed by atoms with van der Waals surface area (Å²) in [6.07, 6.45) is -1.12. The molecule has 0 radical (unpaired) electrons. The Morgan fingerprint density at radius 2 is 1.79 bits per heavy atom. The molecule has 10 heteroatoms. The van der Waals surface area contributed by atoms with Crippen LogP contribution in [-0.4, -0.2) is 50.6 Å². The number of carbonyl (C=O) groups excluding carboxylic acids is 1. The predicted molar refractivity (Wildman–Crippen MR) is 101 cm³/mol. The number of alkyl halides is 3. The van der Waals surface area contributed by atoms with Gasteiger partial charge in [0.25, 0.3) is 0 Å². The summed E-state index contributed by atoms with van der Waals surface area (Å²) in [5.74, 6) is -0.430. The fraction of sp³-hybridized carbons (Fsp3) is 0.611. The minimum Gasteiger partial charge on any atom is -0.370 e. The van der Waals surface area contributed by atoms with E-state index in [0.717, 1.165) is 44.5 Å². The molecule has 1 amide bonds. The molecule has 6 nitrogen and oxygen atoms in total. The first-order valence-corrected chi connectivity index (χ1v) is 11.0. The number of hydrogen-bond acceptors (Lipinski definition) is 4. The van der Waals surface area contributed by atoms with Crippen molar-refractivity contribution in [3.05, 3.63) is 23.8 Å². The number of nitrogens with zero attached hydrogens (tertiary/aromatic N) is 2. The number of hydrogen-bond donors (Lipinski definition) is 1. The molecular weight excluding hydrogens is 395 g/mol. The number of piperidine rings is 1. The number of halogens is 3. The molecule has 2 saturated heterocycles. The molecule has 0 spiro atoms. The Morgan fingerprint density at radius 3 is 2.39 bits per heavy atom. The second-order valence-electron chi connectivity index (χ2n) is 7.14. The Bertz CT molecular complexity index is 821. The van der Waals surface area contributed by atoms with Gasteiger partial charge < -0.3 is 10.2 Å². The summed E-state index contributed by atoms with van der Waals surface area (Å²) < 4.78 is 64.2. The van der Waals surface area contributed by atoms with Gasteiger partial charge in [0.15, 0.2) is 0 Å². The van der Waals surface area contributed by atoms with Gasteiger partial charge in [-0.15, -0.1) is 0 Å². The molecule has 0 aliphatic carbocycles. The number of anilines is 2. The number of sulfonamides is 1. The molecule has 0 atom stereocenters. The predicted octanol–water partition coefficient (Wildman–Crippen LogP) is 3.06. The number of rotatable bonds is 5. The molecule has 1 aromatic carbocycles. The highest BCUT2D eigenvalue weighted by atomic mass is 32.2. The monoisotopic (exact) mass is 419 g/mol. The topological polar surface area (TPSA) is 69.7 Å². The number of amides is 1. The summed E-state index contributed by atoms with van der Waals surface area (Å²) in [6.45, 7) is 1.85. The van der Waals surface area contributed by atoms with Crippen LogP contribution in [0.3, 0.4) is 0 Å². The fourth-order valence-corrected chi connectivity index (χ4v) is 5.13. The van der Waals surface area contributed by atoms with E-state index < -0.39 is 27.7 Å². The Kier molecular flexibility index (Phi) is 6.18. The van der Waals surface area contributed by atoms with Crippen LogP contribution in [0.25, 0.3) is 0 Å². The van der Waals surface area contributed by atoms with Crippen molar-refractivity contribution in [3.63, 3.8) is 0 Å². The smallest absolute Gasteiger partial charge is 0.370 e. The van der Waals surface area contributed by atoms with E-state index >= 15 is 0 Å². The largest absolute Gasteiger partial charge is 0.416 e. The quantitative estimate of drug-likeness (QED) is 0.797. The summed E-state index contributed by atoms with van der Waals surface area (Å²) in [6, 6.07) is 3.37. The normalized spacial score (nSPS) is 20.3. The second kappa shape index (κ2) is 8.28. The van der Waals surface area contributed by atoms with E-state index in [1.54, 1.807) is 0 Å². The molecule has 28 heavy (non-hydrogen) atoms. The maximum atomic E-state index is 13.1. The summed E-state index contributed by atoms with van der Waals surface area (Å²) >= 11 is 0. The van der Waals surface area contributed by atoms with Gasteiger partial charge in [0.1, 0.15) is 0 Å². The fourth-order valence-electron chi connectivity index (χ4n) is 3.60. The van der Waals surface area contributed by atoms with Gasteiger partial charge in [-0.25, -0.2) is 12.7 Å². The second-order valence-corrected chi connectivity index (χ2v) is 9.23. The lowest BCUT2D eigenvalue weighted by Crippen LogP contribution is -2.31. The zero-order valence-corrected chi connectivity index (χ0v) is 16.3. The summed E-state index contributed by atoms with van der Waals surface area (Å²) in [5.41, 5.74) is -0.147. The highest BCUT2D eigenvalue weighted by Gasteiger charge is 2.32. The van der Waals surface area contributed by atoms with Crippen LogP contribution < -0.4 is 10.2 Å². The zero-order chi connectivity index (χ0) is 20.4. The minimum absolute atomic E-state index is 0.0339. The lowest BCUT2D eigenvalue weighted by atomic mass is 10.1. The van der Waals surface area contributed by atoms with Crippen LogP contribution in [0.15, 0.2) is 18.2 Å². The molecule has 2 fully saturated rings. The highest BCUT2D eigenvalue weighted by Crippen LogP contribution is 2.36. The molecule has 0 aromatic heterocycles. The van der Waals surface area contributed by atoms with Gasteiger partial charge >= 0.3 is 6.18 Å². The van der Waals surface area contributed by atoms with Crippen molar-refractivity contribution in [2.24, 2.45) is 0 Å². The van der Waals surface area contributed by atoms with E-state index in [0.29, 0.717) is 18.7 Å². The van der Waals surface area contributed by atoms with Crippen LogP contribution in [-0.2, 0) is 21.0 Å². The molecule has 0 bridgehead atoms. The molecule has 1 aromatic rings. The van der Waals surface area contributed by atoms with Crippen LogP contribution in [0.2, 0.25) is 0 Å². The third-order valence-electron chi connectivity index (χ3n) is 5.09. The third kappa shape index (κ3) is 4.96. The van der Waals surface area contributed by atoms with Gasteiger partial charge in [0, 0.05) is 32.6 Å². The molecule has 2 heterocycles. The lowest BCUT2D eigenvalue weighted by Gasteiger charge is -2.31. The van der Waals surface area contributed by atoms with Crippen molar-refractivity contribution >= 4 is 27.3 Å². The van der Waals surface area contributed by atoms with Gasteiger partial charge in [0.05, 0.1) is 22.7 Å². The highest BCUT2D eigenvalue weighted by molar-refractivity contribution is 7.89. The first-order valence-electron chi connectivity index (χ1n) is 9.41. The van der Waals surface area contributed by atoms with Crippen molar-refractivity contribution in [1.29, 1.82) is 0 Å². The SMILES string of the molecule is O=C(CCN1CCCS1(=O)=O)Nc1cc(C(F)(F)F)ccc1N1CCCCC1. The zero-order valence-electron chi connectivity index (χ0n) is 15.5. The minimum atomic E-state index is -4.51. The summed E-state index contributed by atoms with van der Waals surface area (Å²) in [7, 11) is -3.31. The Morgan fingerprint density at radius 1 is 1.07 bits per heavy atom. The lowest BCUT2D eigenvalue weighted by molar-refractivity contribution is -0.137. The number of nitrogens with one attached hydrogen (secondary N) is 1. The van der Waals surface area contributed by atoms with Crippen LogP contribution in [0, 0.1) is 0 Å². The number of benzene rings is 1. The molecule has 2 aliphatic heterocycles. The molecule has 0 saturated carbocycles. The van der Waals surface area contributed by atoms with E-state index in [2.05, 4.69) is 5.32 Å². The molecule has 156 valence electrons. The van der Waals surface area contributed by atoms with Gasteiger partial charge in [-0.1, -0.05) is 0 Å². The van der Waals surface area contributed by atoms with Crippen LogP contribution in [0.1, 0.15) is 37.7 Å². The standard InChI is InChI=1S/C18H24F3N3O3S/c19-18(20,21)14-5-6-16(23-8-2-1-3-9-23)15(13-14)22-17(25)7-11-24-10-4-12-28(24,26)27/h5-6,13H,1-4,7-12H2,(H,22,25). The van der Waals surface area contributed by atoms with E-state index in [1.807, 2.05) is 4.90 Å². The molecule has 3 rings (SSSR count). The third-order valence-corrected chi connectivity index (χ3v) is 7.04. The van der Waals surface area contributed by atoms with Crippen LogP contribution in [0.4, 0.5) is 24.5 Å². The first-order chi connectivity index (χ1) is 13.2. The first kappa shape index (κ1) is 20.9. The van der Waals surface area contributed by atoms with E-state index in [-0.39, 0.29) is 24.4 Å². The Hall–Kier alpha value is -1.81. The molecule has 2 aliphatic rings. The summed E-state index contributed by atoms with van der Waals surface area (Å²) in [4.78, 5) is 14.3. The van der Waals surface area contributed by atoms with Crippen LogP contribution >= 0.6 is 0 Å². The maximum absolute atomic E-state index is 13.1. The van der Waals surface area contributed by atoms with Crippen molar-refractivity contribution < 1.29 is 26.4 Å². The van der Waals surface area contributed by atoms with Crippen molar-refractivity contribution in [2.75, 3.05) is 42.1 Å². The van der Waals surface area contributed by atoms with Gasteiger partial charge in [-0.2, -0.15) is 13.2 Å². The maximum Gasteiger partial charge on any atom is 0.416 e. The molecular formula is C18H24F3N3O3S. The van der Waals surface area contributed by atoms with Gasteiger partial charge in [0.2, 0.25) is 15.9 Å². The molecule has 1 N–H and O–H groups in total. The van der Waals surface area contributed by atoms with Crippen molar-refractivity contribution in [2.45, 2.75) is 38.3 Å². The van der Waals surface area contributed by atoms with Gasteiger partial charge in [-0.05, 0) is 43.9 Å². The average molecular weight is 419 g/mol. The number of carbonyl (C=O) groups is 1. The van der Waals surface area contributed by atoms with Gasteiger partial charge in [-0.3, -0.25) is 4.79 Å². The Labute approximate surface area is 162 Å². The summed E-state index contributed by atoms with van der Waals surface area (Å²) in [5, 5.41) is 2.57. The van der Waals surface area contributed by atoms with Crippen molar-refractivity contribution in [3.8, 4) is 0 Å². The average Bonchev–Trinajstić information content (AvgIpc) is 2.98. The van der Waals surface area contributed by atoms with Crippen LogP contribution in [0.5, 0.6) is 0 Å². The van der Waals surface area contributed by atoms with E-state index in [4.69, 9.17) is 0 Å². The van der Waals surface area contributed by atoms with E-state index in [9.17, 15) is 26.4 Å². The van der Waals surface area contributed by atoms with Crippen molar-refractivity contribution in [1.82, 2.24) is 4.31 Å².